The van der Waals surface area contributed by atoms with Crippen LogP contribution in [0, 0.1) is 0 Å². The zero-order valence-electron chi connectivity index (χ0n) is 17.9. The van der Waals surface area contributed by atoms with Crippen molar-refractivity contribution in [3.63, 3.8) is 0 Å². The zero-order chi connectivity index (χ0) is 22.7. The first kappa shape index (κ1) is 21.0. The minimum absolute atomic E-state index is 0.253. The number of benzene rings is 5. The summed E-state index contributed by atoms with van der Waals surface area (Å²) in [5.74, 6) is 0.619. The van der Waals surface area contributed by atoms with Gasteiger partial charge in [-0.25, -0.2) is 8.42 Å². The molecule has 0 heterocycles. The molecule has 0 aromatic heterocycles. The lowest BCUT2D eigenvalue weighted by atomic mass is 10.1. The van der Waals surface area contributed by atoms with E-state index in [4.69, 9.17) is 4.74 Å². The van der Waals surface area contributed by atoms with Gasteiger partial charge in [-0.1, -0.05) is 84.9 Å². The van der Waals surface area contributed by atoms with Crippen molar-refractivity contribution in [3.8, 4) is 5.75 Å². The van der Waals surface area contributed by atoms with Crippen LogP contribution < -0.4 is 9.46 Å². The van der Waals surface area contributed by atoms with Crippen molar-refractivity contribution < 1.29 is 13.2 Å². The van der Waals surface area contributed by atoms with E-state index in [0.29, 0.717) is 23.4 Å². The van der Waals surface area contributed by atoms with Gasteiger partial charge in [-0.3, -0.25) is 4.72 Å². The van der Waals surface area contributed by atoms with Crippen molar-refractivity contribution in [1.82, 2.24) is 0 Å². The fourth-order valence-corrected chi connectivity index (χ4v) is 5.25. The molecule has 0 saturated carbocycles. The van der Waals surface area contributed by atoms with Crippen LogP contribution in [-0.2, 0) is 16.4 Å². The highest BCUT2D eigenvalue weighted by Crippen LogP contribution is 2.26. The number of ether oxygens (including phenoxy) is 1. The minimum atomic E-state index is -3.75. The lowest BCUT2D eigenvalue weighted by Gasteiger charge is -2.12. The number of hydrogen-bond acceptors (Lipinski definition) is 3. The summed E-state index contributed by atoms with van der Waals surface area (Å²) >= 11 is 0. The summed E-state index contributed by atoms with van der Waals surface area (Å²) in [5, 5.41) is 4.00. The second-order valence-corrected chi connectivity index (χ2v) is 9.54. The highest BCUT2D eigenvalue weighted by Gasteiger charge is 2.17. The number of nitrogens with one attached hydrogen (secondary N) is 1. The molecule has 5 rings (SSSR count). The first-order valence-corrected chi connectivity index (χ1v) is 12.3. The molecule has 5 heteroatoms. The maximum atomic E-state index is 13.1. The highest BCUT2D eigenvalue weighted by molar-refractivity contribution is 7.93. The van der Waals surface area contributed by atoms with Crippen LogP contribution in [0.1, 0.15) is 5.56 Å². The predicted molar refractivity (Wildman–Crippen MR) is 134 cm³/mol. The molecule has 0 atom stereocenters. The van der Waals surface area contributed by atoms with E-state index in [-0.39, 0.29) is 4.90 Å². The fraction of sp³-hybridized carbons (Fsp3) is 0.0714. The van der Waals surface area contributed by atoms with Crippen molar-refractivity contribution in [2.24, 2.45) is 0 Å². The Bertz CT molecular complexity index is 1540. The van der Waals surface area contributed by atoms with Gasteiger partial charge in [0.25, 0.3) is 10.0 Å². The van der Waals surface area contributed by atoms with E-state index in [2.05, 4.69) is 35.1 Å². The molecular formula is C28H23NO3S. The molecule has 0 radical (unpaired) electrons. The second-order valence-electron chi connectivity index (χ2n) is 7.89. The summed E-state index contributed by atoms with van der Waals surface area (Å²) in [6.45, 7) is 0.498. The van der Waals surface area contributed by atoms with Gasteiger partial charge in [0.1, 0.15) is 5.75 Å². The average Bonchev–Trinajstić information content (AvgIpc) is 2.83. The Labute approximate surface area is 193 Å². The van der Waals surface area contributed by atoms with Crippen LogP contribution >= 0.6 is 0 Å². The van der Waals surface area contributed by atoms with Gasteiger partial charge < -0.3 is 4.74 Å². The Morgan fingerprint density at radius 1 is 0.667 bits per heavy atom. The summed E-state index contributed by atoms with van der Waals surface area (Å²) in [4.78, 5) is 0.253. The van der Waals surface area contributed by atoms with Crippen molar-refractivity contribution in [3.05, 3.63) is 115 Å². The van der Waals surface area contributed by atoms with Gasteiger partial charge in [0, 0.05) is 17.9 Å². The van der Waals surface area contributed by atoms with Crippen LogP contribution in [0.4, 0.5) is 5.69 Å². The van der Waals surface area contributed by atoms with Gasteiger partial charge in [0.15, 0.2) is 0 Å². The topological polar surface area (TPSA) is 55.4 Å². The molecule has 33 heavy (non-hydrogen) atoms. The smallest absolute Gasteiger partial charge is 0.262 e. The summed E-state index contributed by atoms with van der Waals surface area (Å²) in [5.41, 5.74) is 1.66. The molecule has 0 aliphatic heterocycles. The molecule has 0 aliphatic rings. The van der Waals surface area contributed by atoms with Crippen molar-refractivity contribution in [1.29, 1.82) is 0 Å². The SMILES string of the molecule is O=S(=O)(Nc1cccc(OCCc2ccc3ccccc3c2)c1)c1cccc2ccccc12. The molecule has 0 unspecified atom stereocenters. The fourth-order valence-electron chi connectivity index (χ4n) is 3.97. The third-order valence-electron chi connectivity index (χ3n) is 5.60. The molecule has 0 spiro atoms. The van der Waals surface area contributed by atoms with Crippen LogP contribution in [0.2, 0.25) is 0 Å². The van der Waals surface area contributed by atoms with E-state index in [0.717, 1.165) is 11.8 Å². The average molecular weight is 454 g/mol. The molecule has 5 aromatic carbocycles. The maximum Gasteiger partial charge on any atom is 0.262 e. The second kappa shape index (κ2) is 8.96. The van der Waals surface area contributed by atoms with E-state index < -0.39 is 10.0 Å². The molecular weight excluding hydrogens is 430 g/mol. The van der Waals surface area contributed by atoms with Gasteiger partial charge in [-0.15, -0.1) is 0 Å². The Morgan fingerprint density at radius 2 is 1.39 bits per heavy atom. The summed E-state index contributed by atoms with van der Waals surface area (Å²) in [6.07, 6.45) is 0.761. The third kappa shape index (κ3) is 4.69. The summed E-state index contributed by atoms with van der Waals surface area (Å²) < 4.78 is 34.8. The van der Waals surface area contributed by atoms with Gasteiger partial charge in [-0.2, -0.15) is 0 Å². The molecule has 0 saturated heterocycles. The van der Waals surface area contributed by atoms with Gasteiger partial charge in [0.05, 0.1) is 17.2 Å². The van der Waals surface area contributed by atoms with E-state index >= 15 is 0 Å². The number of rotatable bonds is 7. The molecule has 0 aliphatic carbocycles. The predicted octanol–water partition coefficient (Wildman–Crippen LogP) is 6.42. The van der Waals surface area contributed by atoms with E-state index in [1.807, 2.05) is 48.5 Å². The first-order chi connectivity index (χ1) is 16.1. The van der Waals surface area contributed by atoms with Gasteiger partial charge >= 0.3 is 0 Å². The normalized spacial score (nSPS) is 11.5. The van der Waals surface area contributed by atoms with E-state index in [1.165, 1.54) is 16.3 Å². The van der Waals surface area contributed by atoms with Crippen molar-refractivity contribution >= 4 is 37.3 Å². The molecule has 5 aromatic rings. The Balaban J connectivity index is 1.28. The van der Waals surface area contributed by atoms with Crippen LogP contribution in [0.15, 0.2) is 114 Å². The number of fused-ring (bicyclic) bond motifs is 2. The lowest BCUT2D eigenvalue weighted by Crippen LogP contribution is -2.13. The monoisotopic (exact) mass is 453 g/mol. The van der Waals surface area contributed by atoms with Crippen LogP contribution in [0.25, 0.3) is 21.5 Å². The van der Waals surface area contributed by atoms with Crippen LogP contribution in [-0.4, -0.2) is 15.0 Å². The van der Waals surface area contributed by atoms with E-state index in [1.54, 1.807) is 30.3 Å². The molecule has 164 valence electrons. The standard InChI is InChI=1S/C28H23NO3S/c30-33(31,28-14-5-10-23-8-3-4-13-27(23)28)29-25-11-6-12-26(20-25)32-18-17-21-15-16-22-7-1-2-9-24(22)19-21/h1-16,19-20,29H,17-18H2. The minimum Gasteiger partial charge on any atom is -0.493 e. The highest BCUT2D eigenvalue weighted by atomic mass is 32.2. The number of sulfonamides is 1. The Hall–Kier alpha value is -3.83. The first-order valence-electron chi connectivity index (χ1n) is 10.8. The van der Waals surface area contributed by atoms with Crippen LogP contribution in [0.3, 0.4) is 0 Å². The van der Waals surface area contributed by atoms with Gasteiger partial charge in [0.2, 0.25) is 0 Å². The molecule has 0 fully saturated rings. The molecule has 1 N–H and O–H groups in total. The number of anilines is 1. The third-order valence-corrected chi connectivity index (χ3v) is 7.04. The maximum absolute atomic E-state index is 13.1. The lowest BCUT2D eigenvalue weighted by molar-refractivity contribution is 0.322. The largest absolute Gasteiger partial charge is 0.493 e. The zero-order valence-corrected chi connectivity index (χ0v) is 18.8. The Morgan fingerprint density at radius 3 is 2.27 bits per heavy atom. The number of hydrogen-bond donors (Lipinski definition) is 1. The molecule has 4 nitrogen and oxygen atoms in total. The van der Waals surface area contributed by atoms with Gasteiger partial charge in [-0.05, 0) is 39.9 Å². The van der Waals surface area contributed by atoms with Crippen molar-refractivity contribution in [2.75, 3.05) is 11.3 Å². The summed E-state index contributed by atoms with van der Waals surface area (Å²) in [6, 6.07) is 34.4. The summed E-state index contributed by atoms with van der Waals surface area (Å²) in [7, 11) is -3.75. The van der Waals surface area contributed by atoms with Crippen molar-refractivity contribution in [2.45, 2.75) is 11.3 Å². The molecule has 0 amide bonds. The van der Waals surface area contributed by atoms with Crippen LogP contribution in [0.5, 0.6) is 5.75 Å². The van der Waals surface area contributed by atoms with E-state index in [9.17, 15) is 8.42 Å². The molecule has 0 bridgehead atoms. The quantitative estimate of drug-likeness (QED) is 0.310. The Kier molecular flexibility index (Phi) is 5.71.